The van der Waals surface area contributed by atoms with Crippen molar-refractivity contribution in [1.29, 1.82) is 0 Å². The third-order valence-electron chi connectivity index (χ3n) is 3.24. The zero-order valence-electron chi connectivity index (χ0n) is 10.8. The number of hydrogen-bond acceptors (Lipinski definition) is 4. The number of carbonyl (C=O) groups excluding carboxylic acids is 1. The van der Waals surface area contributed by atoms with Crippen molar-refractivity contribution < 1.29 is 14.7 Å². The molecule has 2 rings (SSSR count). The summed E-state index contributed by atoms with van der Waals surface area (Å²) < 4.78 is 0. The molecule has 1 fully saturated rings. The number of nitrogens with zero attached hydrogens (tertiary/aromatic N) is 3. The van der Waals surface area contributed by atoms with Gasteiger partial charge in [0.05, 0.1) is 12.5 Å². The van der Waals surface area contributed by atoms with Gasteiger partial charge in [0.15, 0.2) is 0 Å². The molecular weight excluding hydrogens is 246 g/mol. The maximum Gasteiger partial charge on any atom is 0.309 e. The van der Waals surface area contributed by atoms with Crippen LogP contribution in [0.3, 0.4) is 0 Å². The van der Waals surface area contributed by atoms with E-state index in [9.17, 15) is 14.7 Å². The molecule has 6 nitrogen and oxygen atoms in total. The molecule has 0 radical (unpaired) electrons. The molecule has 1 N–H and O–H groups in total. The van der Waals surface area contributed by atoms with Crippen LogP contribution in [-0.4, -0.2) is 58.4 Å². The number of pyridine rings is 1. The number of carboxylic acids is 1. The Morgan fingerprint density at radius 1 is 1.53 bits per heavy atom. The monoisotopic (exact) mass is 263 g/mol. The summed E-state index contributed by atoms with van der Waals surface area (Å²) >= 11 is 0. The molecule has 1 aliphatic rings. The van der Waals surface area contributed by atoms with Crippen LogP contribution in [0.2, 0.25) is 0 Å². The van der Waals surface area contributed by atoms with Gasteiger partial charge in [-0.15, -0.1) is 0 Å². The van der Waals surface area contributed by atoms with Crippen LogP contribution in [0.15, 0.2) is 24.5 Å². The molecule has 0 bridgehead atoms. The SMILES string of the molecule is CN1CC(C(=O)O)CN(Cc2cccnc2)CC1=O. The van der Waals surface area contributed by atoms with E-state index < -0.39 is 11.9 Å². The van der Waals surface area contributed by atoms with Gasteiger partial charge in [-0.1, -0.05) is 6.07 Å². The van der Waals surface area contributed by atoms with Crippen molar-refractivity contribution in [3.05, 3.63) is 30.1 Å². The van der Waals surface area contributed by atoms with E-state index >= 15 is 0 Å². The Morgan fingerprint density at radius 3 is 2.95 bits per heavy atom. The number of carboxylic acid groups (broad SMARTS) is 1. The third kappa shape index (κ3) is 3.51. The quantitative estimate of drug-likeness (QED) is 0.834. The maximum atomic E-state index is 11.9. The number of rotatable bonds is 3. The van der Waals surface area contributed by atoms with Crippen LogP contribution in [0.5, 0.6) is 0 Å². The first-order valence-electron chi connectivity index (χ1n) is 6.14. The standard InChI is InChI=1S/C13H17N3O3/c1-15-7-11(13(18)19)8-16(9-12(15)17)6-10-3-2-4-14-5-10/h2-5,11H,6-9H2,1H3,(H,18,19). The summed E-state index contributed by atoms with van der Waals surface area (Å²) in [7, 11) is 1.64. The maximum absolute atomic E-state index is 11.9. The van der Waals surface area contributed by atoms with E-state index in [1.165, 1.54) is 4.90 Å². The summed E-state index contributed by atoms with van der Waals surface area (Å²) in [5.41, 5.74) is 0.976. The smallest absolute Gasteiger partial charge is 0.309 e. The fraction of sp³-hybridized carbons (Fsp3) is 0.462. The van der Waals surface area contributed by atoms with Crippen LogP contribution in [0.1, 0.15) is 5.56 Å². The summed E-state index contributed by atoms with van der Waals surface area (Å²) in [6.07, 6.45) is 3.42. The number of carbonyl (C=O) groups is 2. The van der Waals surface area contributed by atoms with Gasteiger partial charge in [-0.3, -0.25) is 19.5 Å². The summed E-state index contributed by atoms with van der Waals surface area (Å²) in [4.78, 5) is 30.4. The third-order valence-corrected chi connectivity index (χ3v) is 3.24. The zero-order chi connectivity index (χ0) is 13.8. The number of hydrogen-bond donors (Lipinski definition) is 1. The van der Waals surface area contributed by atoms with Crippen LogP contribution in [0.25, 0.3) is 0 Å². The van der Waals surface area contributed by atoms with Gasteiger partial charge in [0.2, 0.25) is 5.91 Å². The lowest BCUT2D eigenvalue weighted by molar-refractivity contribution is -0.142. The Bertz CT molecular complexity index is 463. The minimum absolute atomic E-state index is 0.0485. The summed E-state index contributed by atoms with van der Waals surface area (Å²) in [6.45, 7) is 1.42. The normalized spacial score (nSPS) is 21.2. The molecule has 102 valence electrons. The van der Waals surface area contributed by atoms with Crippen molar-refractivity contribution in [2.75, 3.05) is 26.7 Å². The number of aliphatic carboxylic acids is 1. The second kappa shape index (κ2) is 5.79. The topological polar surface area (TPSA) is 73.7 Å². The molecule has 0 spiro atoms. The van der Waals surface area contributed by atoms with Crippen molar-refractivity contribution in [3.8, 4) is 0 Å². The molecule has 1 atom stereocenters. The summed E-state index contributed by atoms with van der Waals surface area (Å²) in [5, 5.41) is 9.17. The van der Waals surface area contributed by atoms with Gasteiger partial charge >= 0.3 is 5.97 Å². The molecule has 1 aromatic heterocycles. The Balaban J connectivity index is 2.10. The Hall–Kier alpha value is -1.95. The molecule has 0 aromatic carbocycles. The lowest BCUT2D eigenvalue weighted by Gasteiger charge is -2.20. The number of likely N-dealkylation sites (N-methyl/N-ethyl adjacent to an activating group) is 1. The van der Waals surface area contributed by atoms with Gasteiger partial charge in [0.1, 0.15) is 0 Å². The second-order valence-corrected chi connectivity index (χ2v) is 4.84. The van der Waals surface area contributed by atoms with Gasteiger partial charge in [0.25, 0.3) is 0 Å². The fourth-order valence-electron chi connectivity index (χ4n) is 2.20. The molecule has 0 saturated carbocycles. The largest absolute Gasteiger partial charge is 0.481 e. The van der Waals surface area contributed by atoms with Gasteiger partial charge < -0.3 is 10.0 Å². The first-order valence-corrected chi connectivity index (χ1v) is 6.14. The molecule has 1 saturated heterocycles. The minimum Gasteiger partial charge on any atom is -0.481 e. The van der Waals surface area contributed by atoms with E-state index in [2.05, 4.69) is 4.98 Å². The molecule has 1 amide bonds. The highest BCUT2D eigenvalue weighted by Gasteiger charge is 2.29. The van der Waals surface area contributed by atoms with Crippen LogP contribution >= 0.6 is 0 Å². The van der Waals surface area contributed by atoms with E-state index in [0.29, 0.717) is 13.1 Å². The first kappa shape index (κ1) is 13.5. The van der Waals surface area contributed by atoms with E-state index in [4.69, 9.17) is 0 Å². The average Bonchev–Trinajstić information content (AvgIpc) is 2.51. The Labute approximate surface area is 111 Å². The molecule has 2 heterocycles. The second-order valence-electron chi connectivity index (χ2n) is 4.84. The van der Waals surface area contributed by atoms with Crippen LogP contribution in [-0.2, 0) is 16.1 Å². The van der Waals surface area contributed by atoms with Crippen molar-refractivity contribution in [1.82, 2.24) is 14.8 Å². The van der Waals surface area contributed by atoms with Gasteiger partial charge in [-0.2, -0.15) is 0 Å². The number of amides is 1. The lowest BCUT2D eigenvalue weighted by atomic mass is 10.1. The first-order chi connectivity index (χ1) is 9.06. The van der Waals surface area contributed by atoms with Gasteiger partial charge in [0, 0.05) is 39.1 Å². The summed E-state index contributed by atoms with van der Waals surface area (Å²) in [6, 6.07) is 3.75. The zero-order valence-corrected chi connectivity index (χ0v) is 10.8. The van der Waals surface area contributed by atoms with E-state index in [-0.39, 0.29) is 19.0 Å². The molecule has 6 heteroatoms. The van der Waals surface area contributed by atoms with Crippen LogP contribution in [0.4, 0.5) is 0 Å². The molecule has 1 aliphatic heterocycles. The predicted octanol–water partition coefficient (Wildman–Crippen LogP) is 0.0564. The molecule has 0 aliphatic carbocycles. The van der Waals surface area contributed by atoms with Crippen LogP contribution in [0, 0.1) is 5.92 Å². The van der Waals surface area contributed by atoms with Gasteiger partial charge in [-0.05, 0) is 11.6 Å². The molecule has 1 aromatic rings. The minimum atomic E-state index is -0.863. The Morgan fingerprint density at radius 2 is 2.32 bits per heavy atom. The average molecular weight is 263 g/mol. The van der Waals surface area contributed by atoms with Crippen molar-refractivity contribution in [3.63, 3.8) is 0 Å². The Kier molecular flexibility index (Phi) is 4.11. The highest BCUT2D eigenvalue weighted by atomic mass is 16.4. The van der Waals surface area contributed by atoms with Crippen molar-refractivity contribution in [2.45, 2.75) is 6.54 Å². The van der Waals surface area contributed by atoms with Crippen LogP contribution < -0.4 is 0 Å². The van der Waals surface area contributed by atoms with E-state index in [1.54, 1.807) is 19.4 Å². The number of aromatic nitrogens is 1. The van der Waals surface area contributed by atoms with E-state index in [0.717, 1.165) is 5.56 Å². The molecular formula is C13H17N3O3. The highest BCUT2D eigenvalue weighted by Crippen LogP contribution is 2.12. The summed E-state index contributed by atoms with van der Waals surface area (Å²) in [5.74, 6) is -1.46. The van der Waals surface area contributed by atoms with Gasteiger partial charge in [-0.25, -0.2) is 0 Å². The molecule has 19 heavy (non-hydrogen) atoms. The lowest BCUT2D eigenvalue weighted by Crippen LogP contribution is -2.34. The van der Waals surface area contributed by atoms with E-state index in [1.807, 2.05) is 17.0 Å². The highest BCUT2D eigenvalue weighted by molar-refractivity contribution is 5.80. The van der Waals surface area contributed by atoms with Crippen molar-refractivity contribution >= 4 is 11.9 Å². The van der Waals surface area contributed by atoms with Crippen molar-refractivity contribution in [2.24, 2.45) is 5.92 Å². The predicted molar refractivity (Wildman–Crippen MR) is 68.3 cm³/mol. The molecule has 1 unspecified atom stereocenters. The fourth-order valence-corrected chi connectivity index (χ4v) is 2.20.